The van der Waals surface area contributed by atoms with Gasteiger partial charge in [0.1, 0.15) is 0 Å². The molecule has 0 aliphatic carbocycles. The van der Waals surface area contributed by atoms with Crippen LogP contribution in [0, 0.1) is 0 Å². The van der Waals surface area contributed by atoms with E-state index in [4.69, 9.17) is 0 Å². The molecule has 0 saturated heterocycles. The molecular formula is C7H12N2. The number of hydrogen-bond donors (Lipinski definition) is 1. The number of H-pyrrole nitrogens is 1. The molecule has 1 N–H and O–H groups in total. The Morgan fingerprint density at radius 2 is 2.33 bits per heavy atom. The standard InChI is InChI=1S/C5H6N2.C2H6/c1-2-5-3-6-4-7-5;1-2/h2-4H,1H2,(H,6,7);1-2H3. The molecule has 1 rings (SSSR count). The summed E-state index contributed by atoms with van der Waals surface area (Å²) in [5, 5.41) is 0. The second-order valence-electron chi connectivity index (χ2n) is 1.21. The Kier molecular flexibility index (Phi) is 4.50. The molecule has 1 aromatic rings. The summed E-state index contributed by atoms with van der Waals surface area (Å²) in [5.74, 6) is 0. The van der Waals surface area contributed by atoms with Crippen molar-refractivity contribution in [3.63, 3.8) is 0 Å². The van der Waals surface area contributed by atoms with Crippen LogP contribution >= 0.6 is 0 Å². The lowest BCUT2D eigenvalue weighted by Crippen LogP contribution is -1.61. The Hall–Kier alpha value is -1.05. The summed E-state index contributed by atoms with van der Waals surface area (Å²) in [5.41, 5.74) is 0.958. The average Bonchev–Trinajstić information content (AvgIpc) is 2.43. The van der Waals surface area contributed by atoms with Gasteiger partial charge in [0.05, 0.1) is 18.2 Å². The number of rotatable bonds is 1. The van der Waals surface area contributed by atoms with Gasteiger partial charge in [-0.3, -0.25) is 0 Å². The van der Waals surface area contributed by atoms with Gasteiger partial charge in [-0.25, -0.2) is 4.98 Å². The molecule has 0 aliphatic rings. The minimum atomic E-state index is 0.958. The van der Waals surface area contributed by atoms with E-state index in [1.54, 1.807) is 18.6 Å². The van der Waals surface area contributed by atoms with Gasteiger partial charge in [0, 0.05) is 0 Å². The van der Waals surface area contributed by atoms with Gasteiger partial charge in [0.25, 0.3) is 0 Å². The van der Waals surface area contributed by atoms with Gasteiger partial charge in [-0.2, -0.15) is 0 Å². The second kappa shape index (κ2) is 5.09. The summed E-state index contributed by atoms with van der Waals surface area (Å²) in [7, 11) is 0. The summed E-state index contributed by atoms with van der Waals surface area (Å²) in [6.45, 7) is 7.53. The van der Waals surface area contributed by atoms with Gasteiger partial charge in [0.2, 0.25) is 0 Å². The summed E-state index contributed by atoms with van der Waals surface area (Å²) in [4.78, 5) is 6.62. The molecule has 0 amide bonds. The monoisotopic (exact) mass is 124 g/mol. The van der Waals surface area contributed by atoms with Gasteiger partial charge in [-0.1, -0.05) is 20.4 Å². The quantitative estimate of drug-likeness (QED) is 0.610. The zero-order valence-corrected chi connectivity index (χ0v) is 5.89. The minimum absolute atomic E-state index is 0.958. The van der Waals surface area contributed by atoms with Crippen LogP contribution in [0.4, 0.5) is 0 Å². The van der Waals surface area contributed by atoms with Crippen molar-refractivity contribution in [2.45, 2.75) is 13.8 Å². The third kappa shape index (κ3) is 2.69. The van der Waals surface area contributed by atoms with E-state index < -0.39 is 0 Å². The molecule has 9 heavy (non-hydrogen) atoms. The average molecular weight is 124 g/mol. The van der Waals surface area contributed by atoms with Gasteiger partial charge < -0.3 is 4.98 Å². The normalized spacial score (nSPS) is 7.33. The topological polar surface area (TPSA) is 28.7 Å². The van der Waals surface area contributed by atoms with Crippen molar-refractivity contribution < 1.29 is 0 Å². The molecule has 1 heterocycles. The first-order valence-corrected chi connectivity index (χ1v) is 3.04. The molecule has 2 nitrogen and oxygen atoms in total. The molecule has 0 saturated carbocycles. The Labute approximate surface area is 55.6 Å². The molecule has 0 atom stereocenters. The fraction of sp³-hybridized carbons (Fsp3) is 0.286. The van der Waals surface area contributed by atoms with Gasteiger partial charge in [0.15, 0.2) is 0 Å². The maximum atomic E-state index is 3.77. The number of nitrogens with zero attached hydrogens (tertiary/aromatic N) is 1. The van der Waals surface area contributed by atoms with Gasteiger partial charge in [-0.15, -0.1) is 0 Å². The number of nitrogens with one attached hydrogen (secondary N) is 1. The molecule has 0 fully saturated rings. The minimum Gasteiger partial charge on any atom is -0.345 e. The Balaban J connectivity index is 0.000000291. The zero-order chi connectivity index (χ0) is 7.11. The molecule has 1 aromatic heterocycles. The van der Waals surface area contributed by atoms with E-state index in [0.29, 0.717) is 0 Å². The van der Waals surface area contributed by atoms with Crippen molar-refractivity contribution in [2.24, 2.45) is 0 Å². The molecule has 0 radical (unpaired) electrons. The van der Waals surface area contributed by atoms with Crippen LogP contribution in [-0.4, -0.2) is 9.97 Å². The second-order valence-corrected chi connectivity index (χ2v) is 1.21. The highest BCUT2D eigenvalue weighted by atomic mass is 14.8. The van der Waals surface area contributed by atoms with Crippen molar-refractivity contribution in [1.82, 2.24) is 9.97 Å². The van der Waals surface area contributed by atoms with E-state index in [2.05, 4.69) is 16.5 Å². The first-order valence-electron chi connectivity index (χ1n) is 3.04. The molecule has 0 unspecified atom stereocenters. The summed E-state index contributed by atoms with van der Waals surface area (Å²) < 4.78 is 0. The van der Waals surface area contributed by atoms with Crippen molar-refractivity contribution in [3.05, 3.63) is 24.8 Å². The highest BCUT2D eigenvalue weighted by Crippen LogP contribution is 1.88. The van der Waals surface area contributed by atoms with Crippen LogP contribution in [0.2, 0.25) is 0 Å². The lowest BCUT2D eigenvalue weighted by atomic mass is 10.5. The van der Waals surface area contributed by atoms with Gasteiger partial charge in [-0.05, 0) is 6.08 Å². The summed E-state index contributed by atoms with van der Waals surface area (Å²) in [6.07, 6.45) is 5.05. The van der Waals surface area contributed by atoms with Crippen LogP contribution in [0.5, 0.6) is 0 Å². The van der Waals surface area contributed by atoms with Crippen molar-refractivity contribution in [3.8, 4) is 0 Å². The lowest BCUT2D eigenvalue weighted by Gasteiger charge is -1.72. The van der Waals surface area contributed by atoms with E-state index in [1.165, 1.54) is 0 Å². The molecule has 50 valence electrons. The molecule has 0 aliphatic heterocycles. The number of aromatic nitrogens is 2. The molecule has 0 spiro atoms. The predicted molar refractivity (Wildman–Crippen MR) is 40.0 cm³/mol. The first kappa shape index (κ1) is 7.95. The smallest absolute Gasteiger partial charge is 0.0924 e. The Bertz CT molecular complexity index is 142. The van der Waals surface area contributed by atoms with E-state index in [-0.39, 0.29) is 0 Å². The fourth-order valence-electron chi connectivity index (χ4n) is 0.378. The van der Waals surface area contributed by atoms with Crippen molar-refractivity contribution in [2.75, 3.05) is 0 Å². The first-order chi connectivity index (χ1) is 4.43. The largest absolute Gasteiger partial charge is 0.345 e. The zero-order valence-electron chi connectivity index (χ0n) is 5.89. The third-order valence-electron chi connectivity index (χ3n) is 0.739. The van der Waals surface area contributed by atoms with Crippen LogP contribution in [0.1, 0.15) is 19.5 Å². The van der Waals surface area contributed by atoms with Crippen molar-refractivity contribution >= 4 is 6.08 Å². The lowest BCUT2D eigenvalue weighted by molar-refractivity contribution is 1.31. The van der Waals surface area contributed by atoms with Crippen LogP contribution < -0.4 is 0 Å². The molecular weight excluding hydrogens is 112 g/mol. The third-order valence-corrected chi connectivity index (χ3v) is 0.739. The number of imidazole rings is 1. The Morgan fingerprint density at radius 3 is 2.56 bits per heavy atom. The number of aromatic amines is 1. The predicted octanol–water partition coefficient (Wildman–Crippen LogP) is 2.08. The number of hydrogen-bond acceptors (Lipinski definition) is 1. The van der Waals surface area contributed by atoms with E-state index in [1.807, 2.05) is 13.8 Å². The summed E-state index contributed by atoms with van der Waals surface area (Å²) in [6, 6.07) is 0. The fourth-order valence-corrected chi connectivity index (χ4v) is 0.378. The highest BCUT2D eigenvalue weighted by molar-refractivity contribution is 5.38. The van der Waals surface area contributed by atoms with Gasteiger partial charge >= 0.3 is 0 Å². The van der Waals surface area contributed by atoms with Crippen LogP contribution in [0.15, 0.2) is 19.1 Å². The van der Waals surface area contributed by atoms with Crippen molar-refractivity contribution in [1.29, 1.82) is 0 Å². The van der Waals surface area contributed by atoms with Crippen LogP contribution in [-0.2, 0) is 0 Å². The van der Waals surface area contributed by atoms with E-state index in [9.17, 15) is 0 Å². The van der Waals surface area contributed by atoms with Crippen LogP contribution in [0.25, 0.3) is 6.08 Å². The maximum Gasteiger partial charge on any atom is 0.0924 e. The Morgan fingerprint density at radius 1 is 1.67 bits per heavy atom. The molecule has 0 bridgehead atoms. The SMILES string of the molecule is C=Cc1cnc[nH]1.CC. The molecule has 0 aromatic carbocycles. The van der Waals surface area contributed by atoms with Crippen LogP contribution in [0.3, 0.4) is 0 Å². The molecule has 2 heteroatoms. The maximum absolute atomic E-state index is 3.77. The van der Waals surface area contributed by atoms with E-state index >= 15 is 0 Å². The highest BCUT2D eigenvalue weighted by Gasteiger charge is 1.77. The summed E-state index contributed by atoms with van der Waals surface area (Å²) >= 11 is 0. The van der Waals surface area contributed by atoms with E-state index in [0.717, 1.165) is 5.69 Å².